The number of hydrogen-bond acceptors (Lipinski definition) is 2. The molecule has 0 N–H and O–H groups in total. The number of hydrogen-bond donors (Lipinski definition) is 0. The molecule has 0 saturated carbocycles. The SMILES string of the molecule is C#CCOCC1CC(C(C)C)CO1. The van der Waals surface area contributed by atoms with Crippen LogP contribution in [0.5, 0.6) is 0 Å². The van der Waals surface area contributed by atoms with Gasteiger partial charge in [0.05, 0.1) is 19.3 Å². The maximum atomic E-state index is 5.58. The number of terminal acetylenes is 1. The zero-order valence-electron chi connectivity index (χ0n) is 8.45. The van der Waals surface area contributed by atoms with Gasteiger partial charge in [-0.1, -0.05) is 19.8 Å². The minimum absolute atomic E-state index is 0.265. The summed E-state index contributed by atoms with van der Waals surface area (Å²) in [5, 5.41) is 0. The van der Waals surface area contributed by atoms with Gasteiger partial charge in [0.25, 0.3) is 0 Å². The summed E-state index contributed by atoms with van der Waals surface area (Å²) in [4.78, 5) is 0. The van der Waals surface area contributed by atoms with Gasteiger partial charge >= 0.3 is 0 Å². The Bertz CT molecular complexity index is 181. The van der Waals surface area contributed by atoms with E-state index in [9.17, 15) is 0 Å². The minimum atomic E-state index is 0.265. The summed E-state index contributed by atoms with van der Waals surface area (Å²) in [7, 11) is 0. The fourth-order valence-electron chi connectivity index (χ4n) is 1.56. The molecule has 2 atom stereocenters. The van der Waals surface area contributed by atoms with E-state index in [-0.39, 0.29) is 6.10 Å². The standard InChI is InChI=1S/C11H18O2/c1-4-5-12-8-11-6-10(7-13-11)9(2)3/h1,9-11H,5-8H2,2-3H3. The second-order valence-electron chi connectivity index (χ2n) is 3.91. The molecule has 1 heterocycles. The third-order valence-electron chi connectivity index (χ3n) is 2.54. The van der Waals surface area contributed by atoms with Crippen LogP contribution in [0.2, 0.25) is 0 Å². The second kappa shape index (κ2) is 5.26. The van der Waals surface area contributed by atoms with E-state index in [0.29, 0.717) is 25.0 Å². The third kappa shape index (κ3) is 3.38. The molecule has 2 nitrogen and oxygen atoms in total. The van der Waals surface area contributed by atoms with Gasteiger partial charge in [0.15, 0.2) is 0 Å². The molecule has 1 rings (SSSR count). The summed E-state index contributed by atoms with van der Waals surface area (Å²) in [6, 6.07) is 0. The van der Waals surface area contributed by atoms with Crippen LogP contribution < -0.4 is 0 Å². The average molecular weight is 182 g/mol. The molecule has 74 valence electrons. The zero-order valence-corrected chi connectivity index (χ0v) is 8.45. The van der Waals surface area contributed by atoms with Crippen molar-refractivity contribution >= 4 is 0 Å². The maximum absolute atomic E-state index is 5.58. The molecule has 0 aromatic carbocycles. The first-order chi connectivity index (χ1) is 6.24. The van der Waals surface area contributed by atoms with Crippen LogP contribution in [0.3, 0.4) is 0 Å². The van der Waals surface area contributed by atoms with E-state index in [1.54, 1.807) is 0 Å². The topological polar surface area (TPSA) is 18.5 Å². The third-order valence-corrected chi connectivity index (χ3v) is 2.54. The normalized spacial score (nSPS) is 27.8. The lowest BCUT2D eigenvalue weighted by Crippen LogP contribution is -2.15. The highest BCUT2D eigenvalue weighted by molar-refractivity contribution is 4.83. The molecular formula is C11H18O2. The van der Waals surface area contributed by atoms with Crippen molar-refractivity contribution in [3.63, 3.8) is 0 Å². The average Bonchev–Trinajstić information content (AvgIpc) is 2.53. The van der Waals surface area contributed by atoms with Gasteiger partial charge in [-0.15, -0.1) is 6.42 Å². The molecule has 2 unspecified atom stereocenters. The van der Waals surface area contributed by atoms with Crippen molar-refractivity contribution in [1.29, 1.82) is 0 Å². The van der Waals surface area contributed by atoms with E-state index in [1.165, 1.54) is 0 Å². The molecule has 1 fully saturated rings. The Labute approximate surface area is 80.6 Å². The van der Waals surface area contributed by atoms with Crippen LogP contribution in [0.4, 0.5) is 0 Å². The van der Waals surface area contributed by atoms with Gasteiger partial charge in [0.2, 0.25) is 0 Å². The van der Waals surface area contributed by atoms with Crippen LogP contribution in [0.15, 0.2) is 0 Å². The molecule has 1 aliphatic rings. The first-order valence-corrected chi connectivity index (χ1v) is 4.86. The van der Waals surface area contributed by atoms with Gasteiger partial charge in [-0.25, -0.2) is 0 Å². The molecule has 0 aromatic rings. The molecule has 0 spiro atoms. The zero-order chi connectivity index (χ0) is 9.68. The van der Waals surface area contributed by atoms with Crippen LogP contribution >= 0.6 is 0 Å². The molecule has 0 radical (unpaired) electrons. The molecule has 0 aromatic heterocycles. The van der Waals surface area contributed by atoms with Crippen molar-refractivity contribution in [2.45, 2.75) is 26.4 Å². The van der Waals surface area contributed by atoms with Crippen LogP contribution in [0.25, 0.3) is 0 Å². The molecule has 13 heavy (non-hydrogen) atoms. The summed E-state index contributed by atoms with van der Waals surface area (Å²) in [5.74, 6) is 3.85. The van der Waals surface area contributed by atoms with Gasteiger partial charge in [0, 0.05) is 0 Å². The molecular weight excluding hydrogens is 164 g/mol. The van der Waals surface area contributed by atoms with Crippen molar-refractivity contribution in [2.24, 2.45) is 11.8 Å². The summed E-state index contributed by atoms with van der Waals surface area (Å²) < 4.78 is 10.8. The van der Waals surface area contributed by atoms with Crippen molar-refractivity contribution in [2.75, 3.05) is 19.8 Å². The Kier molecular flexibility index (Phi) is 4.27. The quantitative estimate of drug-likeness (QED) is 0.486. The van der Waals surface area contributed by atoms with E-state index in [0.717, 1.165) is 13.0 Å². The second-order valence-corrected chi connectivity index (χ2v) is 3.91. The lowest BCUT2D eigenvalue weighted by molar-refractivity contribution is 0.0268. The largest absolute Gasteiger partial charge is 0.376 e. The maximum Gasteiger partial charge on any atom is 0.107 e. The highest BCUT2D eigenvalue weighted by atomic mass is 16.5. The summed E-state index contributed by atoms with van der Waals surface area (Å²) in [6.07, 6.45) is 6.45. The van der Waals surface area contributed by atoms with E-state index in [1.807, 2.05) is 0 Å². The Morgan fingerprint density at radius 2 is 2.38 bits per heavy atom. The molecule has 1 saturated heterocycles. The Morgan fingerprint density at radius 1 is 1.62 bits per heavy atom. The van der Waals surface area contributed by atoms with E-state index in [4.69, 9.17) is 15.9 Å². The highest BCUT2D eigenvalue weighted by Crippen LogP contribution is 2.26. The van der Waals surface area contributed by atoms with Crippen LogP contribution in [-0.4, -0.2) is 25.9 Å². The van der Waals surface area contributed by atoms with Gasteiger partial charge in [-0.3, -0.25) is 0 Å². The fraction of sp³-hybridized carbons (Fsp3) is 0.818. The van der Waals surface area contributed by atoms with Crippen molar-refractivity contribution in [3.8, 4) is 12.3 Å². The molecule has 0 aliphatic carbocycles. The van der Waals surface area contributed by atoms with Gasteiger partial charge < -0.3 is 9.47 Å². The fourth-order valence-corrected chi connectivity index (χ4v) is 1.56. The van der Waals surface area contributed by atoms with Gasteiger partial charge in [-0.2, -0.15) is 0 Å². The van der Waals surface area contributed by atoms with Crippen LogP contribution in [0.1, 0.15) is 20.3 Å². The Balaban J connectivity index is 2.15. The predicted molar refractivity (Wildman–Crippen MR) is 52.3 cm³/mol. The number of ether oxygens (including phenoxy) is 2. The van der Waals surface area contributed by atoms with E-state index in [2.05, 4.69) is 19.8 Å². The lowest BCUT2D eigenvalue weighted by atomic mass is 9.93. The van der Waals surface area contributed by atoms with E-state index < -0.39 is 0 Å². The summed E-state index contributed by atoms with van der Waals surface area (Å²) >= 11 is 0. The monoisotopic (exact) mass is 182 g/mol. The minimum Gasteiger partial charge on any atom is -0.376 e. The van der Waals surface area contributed by atoms with Gasteiger partial charge in [-0.05, 0) is 18.3 Å². The van der Waals surface area contributed by atoms with Crippen LogP contribution in [-0.2, 0) is 9.47 Å². The summed E-state index contributed by atoms with van der Waals surface area (Å²) in [6.45, 7) is 6.39. The highest BCUT2D eigenvalue weighted by Gasteiger charge is 2.27. The molecule has 0 amide bonds. The Hall–Kier alpha value is -0.520. The molecule has 1 aliphatic heterocycles. The van der Waals surface area contributed by atoms with E-state index >= 15 is 0 Å². The smallest absolute Gasteiger partial charge is 0.107 e. The first kappa shape index (κ1) is 10.6. The predicted octanol–water partition coefficient (Wildman–Crippen LogP) is 1.70. The number of rotatable bonds is 4. The van der Waals surface area contributed by atoms with Crippen LogP contribution in [0, 0.1) is 24.2 Å². The van der Waals surface area contributed by atoms with Gasteiger partial charge in [0.1, 0.15) is 6.61 Å². The molecule has 2 heteroatoms. The lowest BCUT2D eigenvalue weighted by Gasteiger charge is -2.11. The first-order valence-electron chi connectivity index (χ1n) is 4.86. The van der Waals surface area contributed by atoms with Crippen molar-refractivity contribution in [1.82, 2.24) is 0 Å². The summed E-state index contributed by atoms with van der Waals surface area (Å²) in [5.41, 5.74) is 0. The Morgan fingerprint density at radius 3 is 2.92 bits per heavy atom. The molecule has 0 bridgehead atoms. The van der Waals surface area contributed by atoms with Crippen molar-refractivity contribution < 1.29 is 9.47 Å². The van der Waals surface area contributed by atoms with Crippen molar-refractivity contribution in [3.05, 3.63) is 0 Å².